The molecule has 0 amide bonds. The van der Waals surface area contributed by atoms with E-state index in [1.54, 1.807) is 12.3 Å². The standard InChI is InChI=1S/C26H33NO3/c1-2-3-4-5-6-7-8-12-19-30-24-17-15-22(16-18-24)20-25(26(28)29)27-21-23-13-10-9-11-14-23/h9-11,13-18,20-21H,2-8,12,19H2,1H3,(H,28,29). The van der Waals surface area contributed by atoms with Gasteiger partial charge in [0.15, 0.2) is 0 Å². The molecule has 0 saturated heterocycles. The van der Waals surface area contributed by atoms with Crippen molar-refractivity contribution in [3.05, 3.63) is 71.4 Å². The molecule has 4 heteroatoms. The van der Waals surface area contributed by atoms with Gasteiger partial charge >= 0.3 is 5.97 Å². The van der Waals surface area contributed by atoms with Crippen LogP contribution in [0.3, 0.4) is 0 Å². The average molecular weight is 408 g/mol. The molecule has 0 fully saturated rings. The van der Waals surface area contributed by atoms with Gasteiger partial charge in [0, 0.05) is 6.21 Å². The molecule has 4 nitrogen and oxygen atoms in total. The summed E-state index contributed by atoms with van der Waals surface area (Å²) in [5.74, 6) is -0.253. The number of nitrogens with zero attached hydrogens (tertiary/aromatic N) is 1. The Labute approximate surface area is 180 Å². The van der Waals surface area contributed by atoms with E-state index in [-0.39, 0.29) is 5.70 Å². The topological polar surface area (TPSA) is 58.9 Å². The molecule has 0 saturated carbocycles. The van der Waals surface area contributed by atoms with Gasteiger partial charge in [-0.2, -0.15) is 0 Å². The number of aliphatic carboxylic acids is 1. The Morgan fingerprint density at radius 2 is 1.50 bits per heavy atom. The van der Waals surface area contributed by atoms with Gasteiger partial charge < -0.3 is 9.84 Å². The molecule has 0 heterocycles. The predicted octanol–water partition coefficient (Wildman–Crippen LogP) is 6.75. The summed E-state index contributed by atoms with van der Waals surface area (Å²) in [4.78, 5) is 15.6. The van der Waals surface area contributed by atoms with Crippen LogP contribution >= 0.6 is 0 Å². The van der Waals surface area contributed by atoms with Gasteiger partial charge in [-0.1, -0.05) is 94.3 Å². The van der Waals surface area contributed by atoms with E-state index < -0.39 is 5.97 Å². The van der Waals surface area contributed by atoms with Gasteiger partial charge in [-0.3, -0.25) is 0 Å². The Kier molecular flexibility index (Phi) is 11.0. The molecule has 2 rings (SSSR count). The maximum Gasteiger partial charge on any atom is 0.354 e. The lowest BCUT2D eigenvalue weighted by molar-refractivity contribution is -0.132. The van der Waals surface area contributed by atoms with Crippen molar-refractivity contribution in [3.63, 3.8) is 0 Å². The fourth-order valence-corrected chi connectivity index (χ4v) is 3.08. The number of carboxylic acid groups (broad SMARTS) is 1. The number of unbranched alkanes of at least 4 members (excludes halogenated alkanes) is 7. The SMILES string of the molecule is CCCCCCCCCCOc1ccc(C=C(N=Cc2ccccc2)C(=O)O)cc1. The lowest BCUT2D eigenvalue weighted by Gasteiger charge is -2.06. The molecule has 0 bridgehead atoms. The molecular formula is C26H33NO3. The van der Waals surface area contributed by atoms with Crippen LogP contribution in [0.1, 0.15) is 69.4 Å². The molecule has 2 aromatic carbocycles. The highest BCUT2D eigenvalue weighted by Crippen LogP contribution is 2.16. The molecule has 1 N–H and O–H groups in total. The van der Waals surface area contributed by atoms with Crippen molar-refractivity contribution in [2.24, 2.45) is 4.99 Å². The molecule has 0 aliphatic carbocycles. The normalized spacial score (nSPS) is 11.7. The van der Waals surface area contributed by atoms with Crippen molar-refractivity contribution in [1.29, 1.82) is 0 Å². The first kappa shape index (κ1) is 23.4. The van der Waals surface area contributed by atoms with Crippen molar-refractivity contribution in [2.75, 3.05) is 6.61 Å². The molecule has 30 heavy (non-hydrogen) atoms. The van der Waals surface area contributed by atoms with E-state index in [2.05, 4.69) is 11.9 Å². The number of rotatable bonds is 14. The van der Waals surface area contributed by atoms with E-state index in [4.69, 9.17) is 4.74 Å². The zero-order valence-electron chi connectivity index (χ0n) is 17.9. The summed E-state index contributed by atoms with van der Waals surface area (Å²) in [5.41, 5.74) is 1.62. The van der Waals surface area contributed by atoms with Crippen molar-refractivity contribution in [3.8, 4) is 5.75 Å². The van der Waals surface area contributed by atoms with Crippen LogP contribution in [-0.4, -0.2) is 23.9 Å². The quantitative estimate of drug-likeness (QED) is 0.214. The molecular weight excluding hydrogens is 374 g/mol. The summed E-state index contributed by atoms with van der Waals surface area (Å²) in [7, 11) is 0. The summed E-state index contributed by atoms with van der Waals surface area (Å²) < 4.78 is 5.80. The number of carbonyl (C=O) groups is 1. The second-order valence-electron chi connectivity index (χ2n) is 7.40. The first-order valence-electron chi connectivity index (χ1n) is 11.0. The molecule has 0 atom stereocenters. The van der Waals surface area contributed by atoms with Crippen LogP contribution in [0.25, 0.3) is 6.08 Å². The van der Waals surface area contributed by atoms with Crippen molar-refractivity contribution in [2.45, 2.75) is 58.3 Å². The monoisotopic (exact) mass is 407 g/mol. The van der Waals surface area contributed by atoms with Crippen LogP contribution in [0, 0.1) is 0 Å². The lowest BCUT2D eigenvalue weighted by Crippen LogP contribution is -1.99. The van der Waals surface area contributed by atoms with E-state index in [0.717, 1.165) is 23.3 Å². The van der Waals surface area contributed by atoms with Crippen molar-refractivity contribution in [1.82, 2.24) is 0 Å². The maximum atomic E-state index is 11.5. The number of hydrogen-bond donors (Lipinski definition) is 1. The number of carboxylic acids is 1. The second-order valence-corrected chi connectivity index (χ2v) is 7.40. The first-order valence-corrected chi connectivity index (χ1v) is 11.0. The molecule has 160 valence electrons. The zero-order valence-corrected chi connectivity index (χ0v) is 17.9. The second kappa shape index (κ2) is 14.2. The molecule has 0 aliphatic rings. The first-order chi connectivity index (χ1) is 14.7. The Balaban J connectivity index is 1.78. The average Bonchev–Trinajstić information content (AvgIpc) is 2.77. The fraction of sp³-hybridized carbons (Fsp3) is 0.385. The Morgan fingerprint density at radius 1 is 0.867 bits per heavy atom. The highest BCUT2D eigenvalue weighted by atomic mass is 16.5. The van der Waals surface area contributed by atoms with E-state index in [1.807, 2.05) is 54.6 Å². The number of benzene rings is 2. The Bertz CT molecular complexity index is 795. The summed E-state index contributed by atoms with van der Waals surface area (Å²) in [6, 6.07) is 16.9. The lowest BCUT2D eigenvalue weighted by atomic mass is 10.1. The molecule has 0 radical (unpaired) electrons. The van der Waals surface area contributed by atoms with Crippen LogP contribution in [0.2, 0.25) is 0 Å². The fourth-order valence-electron chi connectivity index (χ4n) is 3.08. The van der Waals surface area contributed by atoms with Crippen LogP contribution in [0.5, 0.6) is 5.75 Å². The van der Waals surface area contributed by atoms with Gasteiger partial charge in [0.25, 0.3) is 0 Å². The maximum absolute atomic E-state index is 11.5. The molecule has 0 aromatic heterocycles. The summed E-state index contributed by atoms with van der Waals surface area (Å²) in [6.07, 6.45) is 13.3. The number of aliphatic imine (C=N–C) groups is 1. The van der Waals surface area contributed by atoms with Crippen molar-refractivity contribution < 1.29 is 14.6 Å². The molecule has 0 unspecified atom stereocenters. The van der Waals surface area contributed by atoms with Gasteiger partial charge in [0.1, 0.15) is 11.4 Å². The minimum absolute atomic E-state index is 0.00791. The largest absolute Gasteiger partial charge is 0.494 e. The molecule has 0 aliphatic heterocycles. The van der Waals surface area contributed by atoms with Gasteiger partial charge in [-0.25, -0.2) is 9.79 Å². The Morgan fingerprint density at radius 3 is 2.13 bits per heavy atom. The highest BCUT2D eigenvalue weighted by Gasteiger charge is 2.05. The molecule has 0 spiro atoms. The smallest absolute Gasteiger partial charge is 0.354 e. The van der Waals surface area contributed by atoms with Crippen LogP contribution in [0.4, 0.5) is 0 Å². The zero-order chi connectivity index (χ0) is 21.4. The van der Waals surface area contributed by atoms with E-state index in [0.29, 0.717) is 6.61 Å². The van der Waals surface area contributed by atoms with Gasteiger partial charge in [-0.05, 0) is 35.8 Å². The minimum Gasteiger partial charge on any atom is -0.494 e. The van der Waals surface area contributed by atoms with E-state index in [9.17, 15) is 9.90 Å². The predicted molar refractivity (Wildman–Crippen MR) is 124 cm³/mol. The minimum atomic E-state index is -1.06. The number of hydrogen-bond acceptors (Lipinski definition) is 3. The Hall–Kier alpha value is -2.88. The highest BCUT2D eigenvalue weighted by molar-refractivity contribution is 5.95. The molecule has 2 aromatic rings. The third-order valence-corrected chi connectivity index (χ3v) is 4.82. The third kappa shape index (κ3) is 9.55. The third-order valence-electron chi connectivity index (χ3n) is 4.82. The summed E-state index contributed by atoms with van der Waals surface area (Å²) in [6.45, 7) is 2.96. The van der Waals surface area contributed by atoms with Crippen LogP contribution < -0.4 is 4.74 Å². The van der Waals surface area contributed by atoms with E-state index in [1.165, 1.54) is 44.9 Å². The van der Waals surface area contributed by atoms with Gasteiger partial charge in [-0.15, -0.1) is 0 Å². The van der Waals surface area contributed by atoms with Crippen molar-refractivity contribution >= 4 is 18.3 Å². The van der Waals surface area contributed by atoms with E-state index >= 15 is 0 Å². The summed E-state index contributed by atoms with van der Waals surface area (Å²) >= 11 is 0. The van der Waals surface area contributed by atoms with Gasteiger partial charge in [0.05, 0.1) is 6.61 Å². The number of ether oxygens (including phenoxy) is 1. The van der Waals surface area contributed by atoms with Gasteiger partial charge in [0.2, 0.25) is 0 Å². The summed E-state index contributed by atoms with van der Waals surface area (Å²) in [5, 5.41) is 9.41. The van der Waals surface area contributed by atoms with Crippen LogP contribution in [-0.2, 0) is 4.79 Å². The van der Waals surface area contributed by atoms with Crippen LogP contribution in [0.15, 0.2) is 65.3 Å².